The molecule has 0 atom stereocenters. The molecule has 0 saturated carbocycles. The van der Waals surface area contributed by atoms with Crippen molar-refractivity contribution in [3.05, 3.63) is 253 Å². The summed E-state index contributed by atoms with van der Waals surface area (Å²) in [5.74, 6) is -0.0628. The third-order valence-corrected chi connectivity index (χ3v) is 16.7. The molecule has 0 unspecified atom stereocenters. The maximum absolute atomic E-state index is 10.4. The van der Waals surface area contributed by atoms with Gasteiger partial charge in [0.05, 0.1) is 78.8 Å². The summed E-state index contributed by atoms with van der Waals surface area (Å²) in [6, 6.07) is 87.6. The Morgan fingerprint density at radius 2 is 0.637 bits per heavy atom. The molecular weight excluding hydrogens is 973 g/mol. The zero-order chi connectivity index (χ0) is 53.9. The number of hydrogen-bond donors (Lipinski definition) is 0. The van der Waals surface area contributed by atoms with Crippen molar-refractivity contribution in [2.75, 3.05) is 0 Å². The van der Waals surface area contributed by atoms with Gasteiger partial charge >= 0.3 is 0 Å². The molecule has 0 amide bonds. The molecule has 378 valence electrons. The standard InChI is InChI=1S/C74H52N6/c1-45(2)65-67(49-35-31-47(43-75)32-36-49)74(80-60-28-16-12-24-54(60)56-40-42-64-70(72(56)80)58-26-14-18-30-62(58)78(64)52-21-9-6-10-22-52)68(50-37-33-48(44-76)34-38-50)66(46(3)4)73(65)79-59-27-15-11-23-53(59)55-39-41-63-69(71(55)79)57-25-13-17-29-61(57)77(63)51-19-7-5-8-20-51/h5-42,45-46H,1-4H3. The zero-order valence-corrected chi connectivity index (χ0v) is 44.8. The van der Waals surface area contributed by atoms with Crippen LogP contribution in [0.3, 0.4) is 0 Å². The van der Waals surface area contributed by atoms with Gasteiger partial charge in [-0.15, -0.1) is 0 Å². The smallest absolute Gasteiger partial charge is 0.0991 e. The van der Waals surface area contributed by atoms with Crippen LogP contribution in [0.5, 0.6) is 0 Å². The summed E-state index contributed by atoms with van der Waals surface area (Å²) in [5, 5.41) is 30.2. The number of aromatic nitrogens is 4. The van der Waals surface area contributed by atoms with Gasteiger partial charge in [-0.3, -0.25) is 0 Å². The molecule has 0 aliphatic heterocycles. The molecule has 0 N–H and O–H groups in total. The molecule has 6 heteroatoms. The Morgan fingerprint density at radius 1 is 0.300 bits per heavy atom. The van der Waals surface area contributed by atoms with E-state index >= 15 is 0 Å². The van der Waals surface area contributed by atoms with E-state index in [9.17, 15) is 10.5 Å². The summed E-state index contributed by atoms with van der Waals surface area (Å²) in [5.41, 5.74) is 21.1. The highest BCUT2D eigenvalue weighted by Crippen LogP contribution is 2.54. The van der Waals surface area contributed by atoms with Crippen LogP contribution in [0, 0.1) is 22.7 Å². The van der Waals surface area contributed by atoms with E-state index in [1.165, 1.54) is 32.7 Å². The van der Waals surface area contributed by atoms with Crippen LogP contribution >= 0.6 is 0 Å². The summed E-state index contributed by atoms with van der Waals surface area (Å²) < 4.78 is 10.1. The van der Waals surface area contributed by atoms with E-state index in [0.29, 0.717) is 11.1 Å². The van der Waals surface area contributed by atoms with Crippen molar-refractivity contribution >= 4 is 87.2 Å². The molecule has 0 aliphatic rings. The van der Waals surface area contributed by atoms with Crippen LogP contribution in [0.25, 0.3) is 132 Å². The van der Waals surface area contributed by atoms with E-state index in [1.54, 1.807) is 0 Å². The number of nitrogens with zero attached hydrogens (tertiary/aromatic N) is 6. The Kier molecular flexibility index (Phi) is 10.6. The molecule has 15 rings (SSSR count). The lowest BCUT2D eigenvalue weighted by Crippen LogP contribution is -2.15. The number of benzene rings is 11. The van der Waals surface area contributed by atoms with E-state index in [2.05, 4.69) is 264 Å². The highest BCUT2D eigenvalue weighted by atomic mass is 15.0. The second-order valence-electron chi connectivity index (χ2n) is 21.8. The first-order valence-electron chi connectivity index (χ1n) is 27.6. The summed E-state index contributed by atoms with van der Waals surface area (Å²) >= 11 is 0. The van der Waals surface area contributed by atoms with Gasteiger partial charge in [-0.05, 0) is 119 Å². The minimum atomic E-state index is -0.0314. The van der Waals surface area contributed by atoms with Crippen molar-refractivity contribution in [1.82, 2.24) is 18.3 Å². The fourth-order valence-electron chi connectivity index (χ4n) is 13.6. The van der Waals surface area contributed by atoms with Crippen molar-refractivity contribution in [3.63, 3.8) is 0 Å². The van der Waals surface area contributed by atoms with Gasteiger partial charge in [0.25, 0.3) is 0 Å². The van der Waals surface area contributed by atoms with Crippen LogP contribution in [0.15, 0.2) is 231 Å². The average Bonchev–Trinajstić information content (AvgIpc) is 3.61. The van der Waals surface area contributed by atoms with Crippen LogP contribution in [0.4, 0.5) is 0 Å². The predicted molar refractivity (Wildman–Crippen MR) is 332 cm³/mol. The van der Waals surface area contributed by atoms with Crippen LogP contribution < -0.4 is 0 Å². The molecule has 4 heterocycles. The first kappa shape index (κ1) is 46.9. The zero-order valence-electron chi connectivity index (χ0n) is 44.8. The first-order valence-corrected chi connectivity index (χ1v) is 27.6. The molecule has 0 aliphatic carbocycles. The lowest BCUT2D eigenvalue weighted by Gasteiger charge is -2.32. The first-order chi connectivity index (χ1) is 39.3. The third-order valence-electron chi connectivity index (χ3n) is 16.7. The average molecular weight is 1030 g/mol. The summed E-state index contributed by atoms with van der Waals surface area (Å²) in [4.78, 5) is 0. The molecule has 80 heavy (non-hydrogen) atoms. The molecular formula is C74H52N6. The summed E-state index contributed by atoms with van der Waals surface area (Å²) in [6.45, 7) is 9.40. The Labute approximate surface area is 463 Å². The number of hydrogen-bond acceptors (Lipinski definition) is 2. The summed E-state index contributed by atoms with van der Waals surface area (Å²) in [7, 11) is 0. The van der Waals surface area contributed by atoms with Crippen LogP contribution in [-0.2, 0) is 0 Å². The van der Waals surface area contributed by atoms with Crippen LogP contribution in [0.1, 0.15) is 61.8 Å². The Balaban J connectivity index is 1.23. The summed E-state index contributed by atoms with van der Waals surface area (Å²) in [6.07, 6.45) is 0. The predicted octanol–water partition coefficient (Wildman–Crippen LogP) is 19.4. The van der Waals surface area contributed by atoms with Gasteiger partial charge in [0.2, 0.25) is 0 Å². The quantitative estimate of drug-likeness (QED) is 0.152. The topological polar surface area (TPSA) is 67.3 Å². The van der Waals surface area contributed by atoms with E-state index in [-0.39, 0.29) is 11.8 Å². The Bertz CT molecular complexity index is 5020. The number of nitriles is 2. The van der Waals surface area contributed by atoms with Gasteiger partial charge in [0, 0.05) is 65.6 Å². The number of para-hydroxylation sites is 6. The molecule has 0 saturated heterocycles. The molecule has 11 aromatic carbocycles. The van der Waals surface area contributed by atoms with Gasteiger partial charge in [-0.1, -0.05) is 173 Å². The van der Waals surface area contributed by atoms with Gasteiger partial charge in [0.1, 0.15) is 0 Å². The molecule has 15 aromatic rings. The number of fused-ring (bicyclic) bond motifs is 14. The minimum Gasteiger partial charge on any atom is -0.309 e. The largest absolute Gasteiger partial charge is 0.309 e. The molecule has 0 spiro atoms. The minimum absolute atomic E-state index is 0.0314. The van der Waals surface area contributed by atoms with Crippen molar-refractivity contribution < 1.29 is 0 Å². The van der Waals surface area contributed by atoms with Crippen molar-refractivity contribution in [1.29, 1.82) is 10.5 Å². The molecule has 6 nitrogen and oxygen atoms in total. The normalized spacial score (nSPS) is 11.9. The van der Waals surface area contributed by atoms with Crippen molar-refractivity contribution in [2.24, 2.45) is 0 Å². The fourth-order valence-corrected chi connectivity index (χ4v) is 13.6. The molecule has 4 aromatic heterocycles. The maximum atomic E-state index is 10.4. The highest BCUT2D eigenvalue weighted by Gasteiger charge is 2.34. The van der Waals surface area contributed by atoms with Gasteiger partial charge in [-0.25, -0.2) is 0 Å². The van der Waals surface area contributed by atoms with E-state index < -0.39 is 0 Å². The van der Waals surface area contributed by atoms with Gasteiger partial charge in [-0.2, -0.15) is 10.5 Å². The maximum Gasteiger partial charge on any atom is 0.0991 e. The second-order valence-corrected chi connectivity index (χ2v) is 21.8. The van der Waals surface area contributed by atoms with E-state index in [4.69, 9.17) is 0 Å². The second kappa shape index (κ2) is 18.1. The third kappa shape index (κ3) is 6.70. The number of rotatable bonds is 8. The van der Waals surface area contributed by atoms with Crippen molar-refractivity contribution in [3.8, 4) is 57.1 Å². The molecule has 0 bridgehead atoms. The SMILES string of the molecule is CC(C)c1c(-c2ccc(C#N)cc2)c(-n2c3ccccc3c3ccc4c(c5ccccc5n4-c4ccccc4)c32)c(-c2ccc(C#N)cc2)c(C(C)C)c1-n1c2ccccc2c2ccc3c(c4ccccc4n3-c3ccccc3)c21. The van der Waals surface area contributed by atoms with E-state index in [0.717, 1.165) is 111 Å². The lowest BCUT2D eigenvalue weighted by molar-refractivity contribution is 0.816. The highest BCUT2D eigenvalue weighted by molar-refractivity contribution is 6.28. The molecule has 0 radical (unpaired) electrons. The Hall–Kier alpha value is -10.4. The monoisotopic (exact) mass is 1020 g/mol. The van der Waals surface area contributed by atoms with Gasteiger partial charge in [0.15, 0.2) is 0 Å². The van der Waals surface area contributed by atoms with Crippen molar-refractivity contribution in [2.45, 2.75) is 39.5 Å². The van der Waals surface area contributed by atoms with Gasteiger partial charge < -0.3 is 18.3 Å². The van der Waals surface area contributed by atoms with E-state index in [1.807, 2.05) is 24.3 Å². The Morgan fingerprint density at radius 3 is 1.01 bits per heavy atom. The fraction of sp³-hybridized carbons (Fsp3) is 0.0811. The van der Waals surface area contributed by atoms with Crippen LogP contribution in [-0.4, -0.2) is 18.3 Å². The molecule has 0 fully saturated rings. The van der Waals surface area contributed by atoms with Crippen LogP contribution in [0.2, 0.25) is 0 Å². The lowest BCUT2D eigenvalue weighted by atomic mass is 9.79.